The molecule has 0 bridgehead atoms. The number of rotatable bonds is 4. The fraction of sp³-hybridized carbons (Fsp3) is 0.700. The largest absolute Gasteiger partial charge is 0.393 e. The van der Waals surface area contributed by atoms with Crippen LogP contribution >= 0.6 is 0 Å². The van der Waals surface area contributed by atoms with E-state index in [1.54, 1.807) is 6.07 Å². The highest BCUT2D eigenvalue weighted by Crippen LogP contribution is 2.41. The van der Waals surface area contributed by atoms with Crippen molar-refractivity contribution in [2.24, 2.45) is 17.8 Å². The number of aryl methyl sites for hydroxylation is 1. The van der Waals surface area contributed by atoms with Crippen LogP contribution < -0.4 is 0 Å². The Morgan fingerprint density at radius 3 is 2.04 bits per heavy atom. The van der Waals surface area contributed by atoms with Crippen molar-refractivity contribution in [2.45, 2.75) is 70.3 Å². The molecule has 2 aliphatic rings. The summed E-state index contributed by atoms with van der Waals surface area (Å²) < 4.78 is 26.2. The Morgan fingerprint density at radius 2 is 1.43 bits per heavy atom. The van der Waals surface area contributed by atoms with Gasteiger partial charge in [-0.15, -0.1) is 0 Å². The van der Waals surface area contributed by atoms with E-state index in [0.717, 1.165) is 49.0 Å². The highest BCUT2D eigenvalue weighted by atomic mass is 19.2. The SMILES string of the molecule is OC1CCC(C2CCC(CCc3ccc(F)c(F)c3)CC2)CC1. The first-order valence-corrected chi connectivity index (χ1v) is 9.24. The zero-order chi connectivity index (χ0) is 16.2. The molecule has 2 fully saturated rings. The summed E-state index contributed by atoms with van der Waals surface area (Å²) in [5.74, 6) is 0.915. The number of hydrogen-bond donors (Lipinski definition) is 1. The molecule has 0 unspecified atom stereocenters. The molecule has 1 aromatic rings. The molecule has 0 aromatic heterocycles. The number of aliphatic hydroxyl groups excluding tert-OH is 1. The lowest BCUT2D eigenvalue weighted by Crippen LogP contribution is -2.27. The van der Waals surface area contributed by atoms with E-state index in [2.05, 4.69) is 0 Å². The van der Waals surface area contributed by atoms with Gasteiger partial charge >= 0.3 is 0 Å². The molecule has 3 heteroatoms. The third kappa shape index (κ3) is 4.53. The normalized spacial score (nSPS) is 32.0. The van der Waals surface area contributed by atoms with Gasteiger partial charge in [-0.3, -0.25) is 0 Å². The Labute approximate surface area is 138 Å². The van der Waals surface area contributed by atoms with E-state index in [0.29, 0.717) is 0 Å². The molecule has 1 aromatic carbocycles. The maximum Gasteiger partial charge on any atom is 0.159 e. The second-order valence-electron chi connectivity index (χ2n) is 7.64. The zero-order valence-electron chi connectivity index (χ0n) is 13.8. The summed E-state index contributed by atoms with van der Waals surface area (Å²) in [7, 11) is 0. The molecule has 1 nitrogen and oxygen atoms in total. The topological polar surface area (TPSA) is 20.2 Å². The molecular formula is C20H28F2O. The van der Waals surface area contributed by atoms with Crippen molar-refractivity contribution in [3.8, 4) is 0 Å². The van der Waals surface area contributed by atoms with E-state index in [1.807, 2.05) is 0 Å². The molecular weight excluding hydrogens is 294 g/mol. The molecule has 2 saturated carbocycles. The summed E-state index contributed by atoms with van der Waals surface area (Å²) in [6, 6.07) is 4.28. The predicted molar refractivity (Wildman–Crippen MR) is 88.1 cm³/mol. The molecule has 3 rings (SSSR count). The number of halogens is 2. The average molecular weight is 322 g/mol. The zero-order valence-corrected chi connectivity index (χ0v) is 13.8. The molecule has 0 saturated heterocycles. The molecule has 23 heavy (non-hydrogen) atoms. The van der Waals surface area contributed by atoms with Gasteiger partial charge in [-0.2, -0.15) is 0 Å². The number of benzene rings is 1. The fourth-order valence-electron chi connectivity index (χ4n) is 4.59. The molecule has 0 atom stereocenters. The first-order valence-electron chi connectivity index (χ1n) is 9.24. The molecule has 0 amide bonds. The molecule has 1 N–H and O–H groups in total. The molecule has 0 spiro atoms. The minimum Gasteiger partial charge on any atom is -0.393 e. The Hall–Kier alpha value is -0.960. The van der Waals surface area contributed by atoms with Crippen molar-refractivity contribution in [1.29, 1.82) is 0 Å². The average Bonchev–Trinajstić information content (AvgIpc) is 2.57. The van der Waals surface area contributed by atoms with Crippen molar-refractivity contribution in [1.82, 2.24) is 0 Å². The predicted octanol–water partition coefficient (Wildman–Crippen LogP) is 5.25. The number of hydrogen-bond acceptors (Lipinski definition) is 1. The van der Waals surface area contributed by atoms with Gasteiger partial charge in [0.05, 0.1) is 6.10 Å². The van der Waals surface area contributed by atoms with E-state index in [9.17, 15) is 13.9 Å². The Bertz CT molecular complexity index is 500. The Balaban J connectivity index is 1.41. The molecule has 2 aliphatic carbocycles. The van der Waals surface area contributed by atoms with Crippen LogP contribution in [-0.4, -0.2) is 11.2 Å². The van der Waals surface area contributed by atoms with Crippen molar-refractivity contribution < 1.29 is 13.9 Å². The smallest absolute Gasteiger partial charge is 0.159 e. The van der Waals surface area contributed by atoms with Crippen molar-refractivity contribution in [3.63, 3.8) is 0 Å². The van der Waals surface area contributed by atoms with Gasteiger partial charge in [-0.05, 0) is 86.8 Å². The van der Waals surface area contributed by atoms with Crippen molar-refractivity contribution in [2.75, 3.05) is 0 Å². The van der Waals surface area contributed by atoms with Gasteiger partial charge in [-0.25, -0.2) is 8.78 Å². The van der Waals surface area contributed by atoms with Gasteiger partial charge in [0.25, 0.3) is 0 Å². The summed E-state index contributed by atoms with van der Waals surface area (Å²) in [6.45, 7) is 0. The van der Waals surface area contributed by atoms with Crippen LogP contribution in [0.2, 0.25) is 0 Å². The van der Waals surface area contributed by atoms with Crippen molar-refractivity contribution >= 4 is 0 Å². The second kappa shape index (κ2) is 7.74. The molecule has 128 valence electrons. The standard InChI is InChI=1S/C20H28F2O/c21-19-12-5-15(13-20(19)22)2-1-14-3-6-16(7-4-14)17-8-10-18(23)11-9-17/h5,12-14,16-18,23H,1-4,6-11H2. The van der Waals surface area contributed by atoms with Crippen LogP contribution in [0.3, 0.4) is 0 Å². The van der Waals surface area contributed by atoms with Crippen LogP contribution in [0.15, 0.2) is 18.2 Å². The van der Waals surface area contributed by atoms with Crippen LogP contribution in [0.4, 0.5) is 8.78 Å². The number of aliphatic hydroxyl groups is 1. The van der Waals surface area contributed by atoms with Crippen LogP contribution in [-0.2, 0) is 6.42 Å². The summed E-state index contributed by atoms with van der Waals surface area (Å²) in [5.41, 5.74) is 0.910. The Kier molecular flexibility index (Phi) is 5.68. The van der Waals surface area contributed by atoms with Crippen LogP contribution in [0.1, 0.15) is 63.4 Å². The lowest BCUT2D eigenvalue weighted by Gasteiger charge is -2.37. The second-order valence-corrected chi connectivity index (χ2v) is 7.64. The monoisotopic (exact) mass is 322 g/mol. The maximum absolute atomic E-state index is 13.2. The van der Waals surface area contributed by atoms with Gasteiger partial charge in [0.15, 0.2) is 11.6 Å². The minimum atomic E-state index is -0.758. The van der Waals surface area contributed by atoms with Crippen LogP contribution in [0, 0.1) is 29.4 Å². The first-order chi connectivity index (χ1) is 11.1. The Morgan fingerprint density at radius 1 is 0.826 bits per heavy atom. The van der Waals surface area contributed by atoms with Gasteiger partial charge in [0.2, 0.25) is 0 Å². The van der Waals surface area contributed by atoms with E-state index in [4.69, 9.17) is 0 Å². The lowest BCUT2D eigenvalue weighted by molar-refractivity contribution is 0.0765. The molecule has 0 heterocycles. The van der Waals surface area contributed by atoms with E-state index >= 15 is 0 Å². The minimum absolute atomic E-state index is 0.0568. The summed E-state index contributed by atoms with van der Waals surface area (Å²) in [6.07, 6.45) is 11.4. The van der Waals surface area contributed by atoms with E-state index < -0.39 is 11.6 Å². The van der Waals surface area contributed by atoms with Crippen LogP contribution in [0.25, 0.3) is 0 Å². The van der Waals surface area contributed by atoms with E-state index in [1.165, 1.54) is 50.7 Å². The summed E-state index contributed by atoms with van der Waals surface area (Å²) in [5, 5.41) is 9.63. The van der Waals surface area contributed by atoms with Crippen molar-refractivity contribution in [3.05, 3.63) is 35.4 Å². The quantitative estimate of drug-likeness (QED) is 0.802. The van der Waals surface area contributed by atoms with Gasteiger partial charge in [0, 0.05) is 0 Å². The van der Waals surface area contributed by atoms with E-state index in [-0.39, 0.29) is 6.10 Å². The van der Waals surface area contributed by atoms with Crippen LogP contribution in [0.5, 0.6) is 0 Å². The van der Waals surface area contributed by atoms with Gasteiger partial charge < -0.3 is 5.11 Å². The summed E-state index contributed by atoms with van der Waals surface area (Å²) >= 11 is 0. The van der Waals surface area contributed by atoms with Gasteiger partial charge in [0.1, 0.15) is 0 Å². The molecule has 0 aliphatic heterocycles. The molecule has 0 radical (unpaired) electrons. The third-order valence-corrected chi connectivity index (χ3v) is 6.12. The maximum atomic E-state index is 13.2. The fourth-order valence-corrected chi connectivity index (χ4v) is 4.59. The summed E-state index contributed by atoms with van der Waals surface area (Å²) in [4.78, 5) is 0. The van der Waals surface area contributed by atoms with Gasteiger partial charge in [-0.1, -0.05) is 18.9 Å². The lowest BCUT2D eigenvalue weighted by atomic mass is 9.70. The highest BCUT2D eigenvalue weighted by molar-refractivity contribution is 5.17. The highest BCUT2D eigenvalue weighted by Gasteiger charge is 2.30. The third-order valence-electron chi connectivity index (χ3n) is 6.12. The first kappa shape index (κ1) is 16.9.